The zero-order chi connectivity index (χ0) is 33.1. The molecule has 0 spiro atoms. The third-order valence-corrected chi connectivity index (χ3v) is 9.01. The lowest BCUT2D eigenvalue weighted by Gasteiger charge is -2.35. The molecule has 0 radical (unpaired) electrons. The van der Waals surface area contributed by atoms with Crippen LogP contribution < -0.4 is 10.6 Å². The first kappa shape index (κ1) is 33.0. The maximum absolute atomic E-state index is 12.8. The van der Waals surface area contributed by atoms with Crippen molar-refractivity contribution in [3.63, 3.8) is 0 Å². The molecule has 0 bridgehead atoms. The molecule has 48 heavy (non-hydrogen) atoms. The second-order valence-corrected chi connectivity index (χ2v) is 12.6. The summed E-state index contributed by atoms with van der Waals surface area (Å²) in [6.07, 6.45) is 2.13. The van der Waals surface area contributed by atoms with Gasteiger partial charge < -0.3 is 9.47 Å². The molecule has 2 N–H and O–H groups in total. The fraction of sp³-hybridized carbons (Fsp3) is 0.300. The second kappa shape index (κ2) is 16.3. The van der Waals surface area contributed by atoms with Crippen molar-refractivity contribution in [3.8, 4) is 22.3 Å². The van der Waals surface area contributed by atoms with Crippen molar-refractivity contribution in [1.82, 2.24) is 9.80 Å². The highest BCUT2D eigenvalue weighted by Crippen LogP contribution is 2.29. The predicted octanol–water partition coefficient (Wildman–Crippen LogP) is 8.30. The number of hydrogen-bond donors (Lipinski definition) is 2. The minimum atomic E-state index is -0.414. The first-order valence-electron chi connectivity index (χ1n) is 16.9. The number of ether oxygens (including phenoxy) is 2. The molecule has 0 atom stereocenters. The van der Waals surface area contributed by atoms with Crippen LogP contribution in [-0.2, 0) is 9.47 Å². The fourth-order valence-corrected chi connectivity index (χ4v) is 6.56. The fourth-order valence-electron chi connectivity index (χ4n) is 6.56. The van der Waals surface area contributed by atoms with Crippen molar-refractivity contribution in [3.05, 3.63) is 121 Å². The van der Waals surface area contributed by atoms with Gasteiger partial charge in [-0.05, 0) is 54.5 Å². The van der Waals surface area contributed by atoms with E-state index in [0.717, 1.165) is 98.6 Å². The summed E-state index contributed by atoms with van der Waals surface area (Å²) in [5.74, 6) is 0. The van der Waals surface area contributed by atoms with Gasteiger partial charge in [-0.3, -0.25) is 20.4 Å². The summed E-state index contributed by atoms with van der Waals surface area (Å²) >= 11 is 0. The largest absolute Gasteiger partial charge is 0.446 e. The van der Waals surface area contributed by atoms with Crippen molar-refractivity contribution in [2.45, 2.75) is 37.9 Å². The van der Waals surface area contributed by atoms with Crippen molar-refractivity contribution in [1.29, 1.82) is 0 Å². The Kier molecular flexibility index (Phi) is 11.2. The molecule has 0 aliphatic carbocycles. The van der Waals surface area contributed by atoms with Crippen LogP contribution in [0.1, 0.15) is 25.7 Å². The molecule has 0 saturated carbocycles. The zero-order valence-electron chi connectivity index (χ0n) is 27.4. The molecule has 2 fully saturated rings. The van der Waals surface area contributed by atoms with Crippen LogP contribution in [-0.4, -0.2) is 73.5 Å². The summed E-state index contributed by atoms with van der Waals surface area (Å²) in [5, 5.41) is 5.90. The number of para-hydroxylation sites is 2. The lowest BCUT2D eigenvalue weighted by Crippen LogP contribution is -2.42. The van der Waals surface area contributed by atoms with Crippen molar-refractivity contribution in [2.75, 3.05) is 49.9 Å². The number of benzene rings is 4. The summed E-state index contributed by atoms with van der Waals surface area (Å²) in [6.45, 7) is 9.44. The third-order valence-electron chi connectivity index (χ3n) is 9.01. The van der Waals surface area contributed by atoms with E-state index in [4.69, 9.17) is 9.47 Å². The first-order valence-corrected chi connectivity index (χ1v) is 16.9. The van der Waals surface area contributed by atoms with Gasteiger partial charge in [-0.2, -0.15) is 0 Å². The van der Waals surface area contributed by atoms with E-state index in [9.17, 15) is 9.59 Å². The lowest BCUT2D eigenvalue weighted by molar-refractivity contribution is 0.0570. The molecule has 248 valence electrons. The number of carbonyl (C=O) groups is 2. The molecule has 2 amide bonds. The van der Waals surface area contributed by atoms with E-state index in [2.05, 4.69) is 27.0 Å². The van der Waals surface area contributed by atoms with Crippen molar-refractivity contribution < 1.29 is 19.1 Å². The molecule has 8 heteroatoms. The Morgan fingerprint density at radius 1 is 0.562 bits per heavy atom. The SMILES string of the molecule is C=C(CN1CCC(OC(=O)Nc2ccccc2-c2ccccc2)CC1)CN1CCC(OC(=O)Nc2ccccc2-c2ccccc2)CC1. The van der Waals surface area contributed by atoms with Crippen LogP contribution in [0, 0.1) is 0 Å². The number of anilines is 2. The van der Waals surface area contributed by atoms with Gasteiger partial charge in [-0.15, -0.1) is 0 Å². The average Bonchev–Trinajstić information content (AvgIpc) is 3.11. The second-order valence-electron chi connectivity index (χ2n) is 12.6. The number of nitrogens with zero attached hydrogens (tertiary/aromatic N) is 2. The van der Waals surface area contributed by atoms with E-state index in [1.807, 2.05) is 109 Å². The molecule has 4 aromatic rings. The molecule has 0 aromatic heterocycles. The molecular weight excluding hydrogens is 600 g/mol. The molecule has 2 heterocycles. The molecule has 6 rings (SSSR count). The summed E-state index contributed by atoms with van der Waals surface area (Å²) in [5.41, 5.74) is 6.67. The lowest BCUT2D eigenvalue weighted by atomic mass is 10.0. The smallest absolute Gasteiger partial charge is 0.411 e. The van der Waals surface area contributed by atoms with Gasteiger partial charge in [-0.25, -0.2) is 9.59 Å². The molecule has 4 aromatic carbocycles. The van der Waals surface area contributed by atoms with Crippen LogP contribution in [0.15, 0.2) is 121 Å². The van der Waals surface area contributed by atoms with Gasteiger partial charge in [0.15, 0.2) is 0 Å². The molecule has 8 nitrogen and oxygen atoms in total. The Bertz CT molecular complexity index is 1540. The van der Waals surface area contributed by atoms with Gasteiger partial charge in [0.05, 0.1) is 11.4 Å². The number of rotatable bonds is 10. The topological polar surface area (TPSA) is 83.1 Å². The first-order chi connectivity index (χ1) is 23.5. The van der Waals surface area contributed by atoms with Gasteiger partial charge in [0.1, 0.15) is 12.2 Å². The molecule has 2 aliphatic heterocycles. The van der Waals surface area contributed by atoms with Gasteiger partial charge in [0.2, 0.25) is 0 Å². The highest BCUT2D eigenvalue weighted by Gasteiger charge is 2.26. The number of hydrogen-bond acceptors (Lipinski definition) is 6. The highest BCUT2D eigenvalue weighted by molar-refractivity contribution is 5.92. The van der Waals surface area contributed by atoms with Crippen molar-refractivity contribution in [2.24, 2.45) is 0 Å². The van der Waals surface area contributed by atoms with Gasteiger partial charge in [0, 0.05) is 50.4 Å². The third kappa shape index (κ3) is 9.12. The maximum Gasteiger partial charge on any atom is 0.411 e. The summed E-state index contributed by atoms with van der Waals surface area (Å²) in [6, 6.07) is 35.6. The van der Waals surface area contributed by atoms with Gasteiger partial charge >= 0.3 is 12.2 Å². The number of nitrogens with one attached hydrogen (secondary N) is 2. The summed E-state index contributed by atoms with van der Waals surface area (Å²) in [4.78, 5) is 30.3. The standard InChI is InChI=1S/C40H44N4O4/c1-30(28-43-24-20-33(21-25-43)47-39(45)41-37-18-10-8-16-35(37)31-12-4-2-5-13-31)29-44-26-22-34(23-27-44)48-40(46)42-38-19-11-9-17-36(38)32-14-6-3-7-15-32/h2-19,33-34H,1,20-29H2,(H,41,45)(H,42,46). The summed E-state index contributed by atoms with van der Waals surface area (Å²) < 4.78 is 11.6. The highest BCUT2D eigenvalue weighted by atomic mass is 16.6. The van der Waals surface area contributed by atoms with Crippen LogP contribution in [0.2, 0.25) is 0 Å². The van der Waals surface area contributed by atoms with Crippen LogP contribution in [0.3, 0.4) is 0 Å². The number of amides is 2. The molecule has 2 aliphatic rings. The monoisotopic (exact) mass is 644 g/mol. The van der Waals surface area contributed by atoms with Crippen molar-refractivity contribution >= 4 is 23.6 Å². The van der Waals surface area contributed by atoms with Crippen LogP contribution >= 0.6 is 0 Å². The number of likely N-dealkylation sites (tertiary alicyclic amines) is 2. The number of carbonyl (C=O) groups excluding carboxylic acids is 2. The quantitative estimate of drug-likeness (QED) is 0.169. The Morgan fingerprint density at radius 2 is 0.917 bits per heavy atom. The Hall–Kier alpha value is -4.92. The molecule has 2 saturated heterocycles. The van der Waals surface area contributed by atoms with E-state index < -0.39 is 12.2 Å². The molecular formula is C40H44N4O4. The van der Waals surface area contributed by atoms with Crippen LogP contribution in [0.25, 0.3) is 22.3 Å². The maximum atomic E-state index is 12.8. The van der Waals surface area contributed by atoms with E-state index in [0.29, 0.717) is 0 Å². The Morgan fingerprint density at radius 3 is 1.31 bits per heavy atom. The average molecular weight is 645 g/mol. The van der Waals surface area contributed by atoms with E-state index in [1.54, 1.807) is 0 Å². The van der Waals surface area contributed by atoms with Crippen LogP contribution in [0.5, 0.6) is 0 Å². The Balaban J connectivity index is 0.880. The van der Waals surface area contributed by atoms with E-state index in [-0.39, 0.29) is 12.2 Å². The van der Waals surface area contributed by atoms with Gasteiger partial charge in [0.25, 0.3) is 0 Å². The normalized spacial score (nSPS) is 16.2. The van der Waals surface area contributed by atoms with E-state index in [1.165, 1.54) is 5.57 Å². The Labute approximate surface area is 283 Å². The number of piperidine rings is 2. The zero-order valence-corrected chi connectivity index (χ0v) is 27.4. The van der Waals surface area contributed by atoms with Crippen LogP contribution in [0.4, 0.5) is 21.0 Å². The minimum Gasteiger partial charge on any atom is -0.446 e. The van der Waals surface area contributed by atoms with E-state index >= 15 is 0 Å². The minimum absolute atomic E-state index is 0.110. The van der Waals surface area contributed by atoms with Gasteiger partial charge in [-0.1, -0.05) is 104 Å². The predicted molar refractivity (Wildman–Crippen MR) is 192 cm³/mol. The summed E-state index contributed by atoms with van der Waals surface area (Å²) in [7, 11) is 0. The molecule has 0 unspecified atom stereocenters.